The predicted octanol–water partition coefficient (Wildman–Crippen LogP) is 4.27. The number of nitrogens with one attached hydrogen (secondary N) is 1. The average molecular weight is 455 g/mol. The van der Waals surface area contributed by atoms with Gasteiger partial charge in [0.1, 0.15) is 11.5 Å². The second-order valence-corrected chi connectivity index (χ2v) is 8.88. The van der Waals surface area contributed by atoms with E-state index in [0.29, 0.717) is 18.1 Å². The lowest BCUT2D eigenvalue weighted by Crippen LogP contribution is -2.40. The van der Waals surface area contributed by atoms with E-state index in [1.54, 1.807) is 31.1 Å². The Morgan fingerprint density at radius 3 is 2.78 bits per heavy atom. The number of likely N-dealkylation sites (tertiary alicyclic amines) is 1. The van der Waals surface area contributed by atoms with Crippen LogP contribution in [0.5, 0.6) is 5.75 Å². The number of methoxy groups -OCH3 is 1. The maximum Gasteiger partial charge on any atom is 0.287 e. The standard InChI is InChI=1S/C24H30N4O3S/c1-27-15-12-25-24(27)32-17-18-10-11-22(31-18)23(29)26-16-20(28-13-6-3-7-14-28)19-8-4-5-9-21(19)30-2/h4-5,8-12,15,20H,3,6-7,13-14,16-17H2,1-2H3,(H,26,29). The van der Waals surface area contributed by atoms with E-state index in [9.17, 15) is 4.79 Å². The molecule has 0 radical (unpaired) electrons. The molecule has 1 unspecified atom stereocenters. The van der Waals surface area contributed by atoms with Gasteiger partial charge in [0, 0.05) is 31.5 Å². The van der Waals surface area contributed by atoms with Gasteiger partial charge < -0.3 is 19.0 Å². The van der Waals surface area contributed by atoms with Gasteiger partial charge in [0.2, 0.25) is 0 Å². The second kappa shape index (κ2) is 10.7. The molecule has 4 rings (SSSR count). The van der Waals surface area contributed by atoms with Crippen molar-refractivity contribution in [2.45, 2.75) is 36.2 Å². The Hall–Kier alpha value is -2.71. The molecule has 1 amide bonds. The summed E-state index contributed by atoms with van der Waals surface area (Å²) in [5, 5.41) is 4.00. The largest absolute Gasteiger partial charge is 0.496 e. The van der Waals surface area contributed by atoms with E-state index in [1.807, 2.05) is 42.1 Å². The number of benzene rings is 1. The minimum absolute atomic E-state index is 0.0591. The molecule has 1 aliphatic rings. The van der Waals surface area contributed by atoms with Gasteiger partial charge in [-0.15, -0.1) is 0 Å². The van der Waals surface area contributed by atoms with E-state index in [4.69, 9.17) is 9.15 Å². The van der Waals surface area contributed by atoms with Gasteiger partial charge >= 0.3 is 0 Å². The van der Waals surface area contributed by atoms with E-state index in [-0.39, 0.29) is 11.9 Å². The summed E-state index contributed by atoms with van der Waals surface area (Å²) in [7, 11) is 3.65. The highest BCUT2D eigenvalue weighted by atomic mass is 32.2. The van der Waals surface area contributed by atoms with Gasteiger partial charge in [-0.2, -0.15) is 0 Å². The summed E-state index contributed by atoms with van der Waals surface area (Å²) in [4.78, 5) is 19.6. The lowest BCUT2D eigenvalue weighted by atomic mass is 10.0. The molecule has 0 aliphatic carbocycles. The number of carbonyl (C=O) groups excluding carboxylic acids is 1. The second-order valence-electron chi connectivity index (χ2n) is 7.94. The van der Waals surface area contributed by atoms with Crippen LogP contribution < -0.4 is 10.1 Å². The third kappa shape index (κ3) is 5.37. The number of carbonyl (C=O) groups is 1. The average Bonchev–Trinajstić information content (AvgIpc) is 3.47. The van der Waals surface area contributed by atoms with Crippen LogP contribution >= 0.6 is 11.8 Å². The Morgan fingerprint density at radius 2 is 2.03 bits per heavy atom. The van der Waals surface area contributed by atoms with Crippen LogP contribution in [0.3, 0.4) is 0 Å². The molecule has 0 bridgehead atoms. The molecular weight excluding hydrogens is 424 g/mol. The fourth-order valence-corrected chi connectivity index (χ4v) is 4.91. The van der Waals surface area contributed by atoms with Crippen molar-refractivity contribution in [1.29, 1.82) is 0 Å². The van der Waals surface area contributed by atoms with Crippen LogP contribution in [0, 0.1) is 0 Å². The SMILES string of the molecule is COc1ccccc1C(CNC(=O)c1ccc(CSc2nccn2C)o1)N1CCCCC1. The maximum absolute atomic E-state index is 12.8. The van der Waals surface area contributed by atoms with Crippen LogP contribution in [-0.2, 0) is 12.8 Å². The number of rotatable bonds is 9. The number of amides is 1. The molecular formula is C24H30N4O3S. The van der Waals surface area contributed by atoms with Crippen LogP contribution in [0.15, 0.2) is 58.4 Å². The van der Waals surface area contributed by atoms with Crippen LogP contribution in [0.25, 0.3) is 0 Å². The highest BCUT2D eigenvalue weighted by Gasteiger charge is 2.26. The summed E-state index contributed by atoms with van der Waals surface area (Å²) < 4.78 is 13.4. The Kier molecular flexibility index (Phi) is 7.55. The molecule has 1 atom stereocenters. The van der Waals surface area contributed by atoms with Crippen molar-refractivity contribution in [3.8, 4) is 5.75 Å². The first-order valence-electron chi connectivity index (χ1n) is 11.0. The van der Waals surface area contributed by atoms with Crippen molar-refractivity contribution >= 4 is 17.7 Å². The van der Waals surface area contributed by atoms with Crippen LogP contribution in [0.4, 0.5) is 0 Å². The van der Waals surface area contributed by atoms with Gasteiger partial charge in [-0.05, 0) is 44.1 Å². The fourth-order valence-electron chi connectivity index (χ4n) is 4.09. The number of hydrogen-bond donors (Lipinski definition) is 1. The smallest absolute Gasteiger partial charge is 0.287 e. The van der Waals surface area contributed by atoms with Crippen molar-refractivity contribution in [3.05, 3.63) is 65.9 Å². The molecule has 1 aromatic carbocycles. The van der Waals surface area contributed by atoms with Crippen LogP contribution in [-0.4, -0.2) is 47.1 Å². The Balaban J connectivity index is 1.41. The van der Waals surface area contributed by atoms with E-state index in [1.165, 1.54) is 19.3 Å². The van der Waals surface area contributed by atoms with Crippen LogP contribution in [0.2, 0.25) is 0 Å². The molecule has 3 heterocycles. The lowest BCUT2D eigenvalue weighted by Gasteiger charge is -2.35. The minimum atomic E-state index is -0.199. The number of para-hydroxylation sites is 1. The number of ether oxygens (including phenoxy) is 1. The number of furan rings is 1. The summed E-state index contributed by atoms with van der Waals surface area (Å²) in [6.07, 6.45) is 7.28. The van der Waals surface area contributed by atoms with Gasteiger partial charge in [-0.3, -0.25) is 9.69 Å². The first kappa shape index (κ1) is 22.5. The van der Waals surface area contributed by atoms with Gasteiger partial charge in [0.05, 0.1) is 18.9 Å². The Morgan fingerprint density at radius 1 is 1.22 bits per heavy atom. The number of thioether (sulfide) groups is 1. The molecule has 7 nitrogen and oxygen atoms in total. The van der Waals surface area contributed by atoms with E-state index in [2.05, 4.69) is 21.3 Å². The van der Waals surface area contributed by atoms with Gasteiger partial charge in [0.25, 0.3) is 5.91 Å². The van der Waals surface area contributed by atoms with Crippen molar-refractivity contribution in [1.82, 2.24) is 19.8 Å². The highest BCUT2D eigenvalue weighted by molar-refractivity contribution is 7.98. The summed E-state index contributed by atoms with van der Waals surface area (Å²) in [6, 6.07) is 11.7. The zero-order valence-electron chi connectivity index (χ0n) is 18.6. The predicted molar refractivity (Wildman–Crippen MR) is 125 cm³/mol. The maximum atomic E-state index is 12.8. The van der Waals surface area contributed by atoms with Gasteiger partial charge in [-0.1, -0.05) is 36.4 Å². The zero-order valence-corrected chi connectivity index (χ0v) is 19.4. The molecule has 8 heteroatoms. The monoisotopic (exact) mass is 454 g/mol. The minimum Gasteiger partial charge on any atom is -0.496 e. The van der Waals surface area contributed by atoms with Gasteiger partial charge in [-0.25, -0.2) is 4.98 Å². The normalized spacial score (nSPS) is 15.4. The van der Waals surface area contributed by atoms with Crippen molar-refractivity contribution in [3.63, 3.8) is 0 Å². The van der Waals surface area contributed by atoms with Crippen molar-refractivity contribution < 1.29 is 13.9 Å². The molecule has 2 aromatic heterocycles. The van der Waals surface area contributed by atoms with Crippen molar-refractivity contribution in [2.24, 2.45) is 7.05 Å². The number of aryl methyl sites for hydroxylation is 1. The highest BCUT2D eigenvalue weighted by Crippen LogP contribution is 2.31. The summed E-state index contributed by atoms with van der Waals surface area (Å²) >= 11 is 1.58. The molecule has 3 aromatic rings. The quantitative estimate of drug-likeness (QED) is 0.487. The first-order chi connectivity index (χ1) is 15.7. The van der Waals surface area contributed by atoms with E-state index >= 15 is 0 Å². The molecule has 1 fully saturated rings. The number of hydrogen-bond acceptors (Lipinski definition) is 6. The lowest BCUT2D eigenvalue weighted by molar-refractivity contribution is 0.0894. The van der Waals surface area contributed by atoms with Gasteiger partial charge in [0.15, 0.2) is 10.9 Å². The fraction of sp³-hybridized carbons (Fsp3) is 0.417. The van der Waals surface area contributed by atoms with E-state index in [0.717, 1.165) is 35.3 Å². The first-order valence-corrected chi connectivity index (χ1v) is 12.0. The number of aromatic nitrogens is 2. The zero-order chi connectivity index (χ0) is 22.3. The van der Waals surface area contributed by atoms with Crippen molar-refractivity contribution in [2.75, 3.05) is 26.7 Å². The van der Waals surface area contributed by atoms with Crippen LogP contribution in [0.1, 0.15) is 47.2 Å². The third-order valence-electron chi connectivity index (χ3n) is 5.79. The molecule has 32 heavy (non-hydrogen) atoms. The molecule has 170 valence electrons. The molecule has 1 N–H and O–H groups in total. The third-order valence-corrected chi connectivity index (χ3v) is 6.87. The Labute approximate surface area is 193 Å². The summed E-state index contributed by atoms with van der Waals surface area (Å²) in [5.41, 5.74) is 1.10. The summed E-state index contributed by atoms with van der Waals surface area (Å²) in [5.74, 6) is 2.35. The number of piperidine rings is 1. The summed E-state index contributed by atoms with van der Waals surface area (Å²) in [6.45, 7) is 2.54. The van der Waals surface area contributed by atoms with E-state index < -0.39 is 0 Å². The topological polar surface area (TPSA) is 72.5 Å². The number of nitrogens with zero attached hydrogens (tertiary/aromatic N) is 3. The Bertz CT molecular complexity index is 1030. The molecule has 0 saturated carbocycles. The molecule has 0 spiro atoms. The molecule has 1 saturated heterocycles. The number of imidazole rings is 1. The molecule has 1 aliphatic heterocycles.